The zero-order chi connectivity index (χ0) is 15.4. The Hall–Kier alpha value is -1.30. The van der Waals surface area contributed by atoms with Gasteiger partial charge in [0.25, 0.3) is 5.91 Å². The number of benzene rings is 1. The van der Waals surface area contributed by atoms with Gasteiger partial charge in [-0.3, -0.25) is 9.59 Å². The van der Waals surface area contributed by atoms with Crippen LogP contribution in [0.2, 0.25) is 10.0 Å². The Bertz CT molecular complexity index is 525. The molecule has 1 aliphatic rings. The Morgan fingerprint density at radius 1 is 1.38 bits per heavy atom. The van der Waals surface area contributed by atoms with Gasteiger partial charge in [-0.25, -0.2) is 0 Å². The number of halogens is 2. The number of likely N-dealkylation sites (N-methyl/N-ethyl adjacent to an activating group) is 1. The van der Waals surface area contributed by atoms with E-state index in [1.807, 2.05) is 0 Å². The van der Waals surface area contributed by atoms with Crippen LogP contribution < -0.4 is 5.32 Å². The summed E-state index contributed by atoms with van der Waals surface area (Å²) in [7, 11) is 1.57. The van der Waals surface area contributed by atoms with Crippen molar-refractivity contribution < 1.29 is 14.3 Å². The molecule has 1 saturated heterocycles. The lowest BCUT2D eigenvalue weighted by Gasteiger charge is -2.20. The number of para-hydroxylation sites is 1. The predicted octanol–water partition coefficient (Wildman–Crippen LogP) is 2.57. The summed E-state index contributed by atoms with van der Waals surface area (Å²) in [5.74, 6) is -0.549. The predicted molar refractivity (Wildman–Crippen MR) is 81.7 cm³/mol. The Labute approximate surface area is 133 Å². The average molecular weight is 331 g/mol. The smallest absolute Gasteiger partial charge is 0.251 e. The van der Waals surface area contributed by atoms with E-state index in [9.17, 15) is 9.59 Å². The second kappa shape index (κ2) is 7.11. The fourth-order valence-electron chi connectivity index (χ4n) is 2.11. The van der Waals surface area contributed by atoms with Gasteiger partial charge < -0.3 is 15.0 Å². The van der Waals surface area contributed by atoms with Crippen LogP contribution in [0.4, 0.5) is 5.69 Å². The monoisotopic (exact) mass is 330 g/mol. The van der Waals surface area contributed by atoms with Crippen molar-refractivity contribution in [1.82, 2.24) is 4.90 Å². The number of carbonyl (C=O) groups excluding carboxylic acids is 2. The Morgan fingerprint density at radius 3 is 2.62 bits per heavy atom. The first-order chi connectivity index (χ1) is 9.99. The summed E-state index contributed by atoms with van der Waals surface area (Å²) in [5.41, 5.74) is 0.351. The highest BCUT2D eigenvalue weighted by atomic mass is 35.5. The van der Waals surface area contributed by atoms with E-state index in [1.165, 1.54) is 4.90 Å². The zero-order valence-corrected chi connectivity index (χ0v) is 13.1. The molecule has 0 aromatic heterocycles. The fourth-order valence-corrected chi connectivity index (χ4v) is 2.60. The van der Waals surface area contributed by atoms with E-state index in [0.29, 0.717) is 28.8 Å². The summed E-state index contributed by atoms with van der Waals surface area (Å²) in [6.07, 6.45) is 1.12. The standard InChI is InChI=1S/C14H16Cl2N2O3/c1-18(14(20)11-6-3-7-21-11)8-12(19)17-13-9(15)4-2-5-10(13)16/h2,4-5,11H,3,6-8H2,1H3,(H,17,19)/t11-/m1/s1. The summed E-state index contributed by atoms with van der Waals surface area (Å²) < 4.78 is 5.31. The summed E-state index contributed by atoms with van der Waals surface area (Å²) in [5, 5.41) is 3.32. The molecule has 1 N–H and O–H groups in total. The molecule has 0 spiro atoms. The van der Waals surface area contributed by atoms with Crippen LogP contribution in [0.1, 0.15) is 12.8 Å². The largest absolute Gasteiger partial charge is 0.368 e. The van der Waals surface area contributed by atoms with E-state index in [2.05, 4.69) is 5.32 Å². The number of anilines is 1. The molecule has 1 atom stereocenters. The molecule has 1 aliphatic heterocycles. The molecule has 1 aromatic carbocycles. The van der Waals surface area contributed by atoms with Gasteiger partial charge in [0.2, 0.25) is 5.91 Å². The summed E-state index contributed by atoms with van der Waals surface area (Å²) >= 11 is 12.0. The molecule has 114 valence electrons. The summed E-state index contributed by atoms with van der Waals surface area (Å²) in [6, 6.07) is 4.95. The maximum absolute atomic E-state index is 12.0. The molecule has 1 aromatic rings. The average Bonchev–Trinajstić information content (AvgIpc) is 2.96. The number of nitrogens with zero attached hydrogens (tertiary/aromatic N) is 1. The number of amides is 2. The first-order valence-corrected chi connectivity index (χ1v) is 7.35. The quantitative estimate of drug-likeness (QED) is 0.922. The molecule has 0 aliphatic carbocycles. The topological polar surface area (TPSA) is 58.6 Å². The van der Waals surface area contributed by atoms with Gasteiger partial charge in [-0.2, -0.15) is 0 Å². The Balaban J connectivity index is 1.93. The van der Waals surface area contributed by atoms with Crippen LogP contribution in [0.15, 0.2) is 18.2 Å². The van der Waals surface area contributed by atoms with Gasteiger partial charge in [-0.1, -0.05) is 29.3 Å². The van der Waals surface area contributed by atoms with E-state index in [-0.39, 0.29) is 18.4 Å². The van der Waals surface area contributed by atoms with Gasteiger partial charge in [0.05, 0.1) is 22.3 Å². The second-order valence-corrected chi connectivity index (χ2v) is 5.66. The molecule has 2 amide bonds. The van der Waals surface area contributed by atoms with Crippen molar-refractivity contribution in [2.75, 3.05) is 25.5 Å². The lowest BCUT2D eigenvalue weighted by atomic mass is 10.2. The van der Waals surface area contributed by atoms with Crippen LogP contribution in [-0.2, 0) is 14.3 Å². The zero-order valence-electron chi connectivity index (χ0n) is 11.6. The minimum Gasteiger partial charge on any atom is -0.368 e. The van der Waals surface area contributed by atoms with E-state index in [1.54, 1.807) is 25.2 Å². The maximum atomic E-state index is 12.0. The number of ether oxygens (including phenoxy) is 1. The van der Waals surface area contributed by atoms with E-state index >= 15 is 0 Å². The first-order valence-electron chi connectivity index (χ1n) is 6.59. The lowest BCUT2D eigenvalue weighted by Crippen LogP contribution is -2.40. The molecule has 0 radical (unpaired) electrons. The minimum atomic E-state index is -0.438. The molecule has 0 unspecified atom stereocenters. The normalized spacial score (nSPS) is 17.6. The van der Waals surface area contributed by atoms with E-state index in [4.69, 9.17) is 27.9 Å². The third-order valence-corrected chi connectivity index (χ3v) is 3.82. The van der Waals surface area contributed by atoms with Crippen LogP contribution in [0.25, 0.3) is 0 Å². The molecule has 5 nitrogen and oxygen atoms in total. The van der Waals surface area contributed by atoms with Crippen LogP contribution in [0.3, 0.4) is 0 Å². The van der Waals surface area contributed by atoms with Crippen molar-refractivity contribution >= 4 is 40.7 Å². The number of rotatable bonds is 4. The van der Waals surface area contributed by atoms with Crippen molar-refractivity contribution in [3.05, 3.63) is 28.2 Å². The van der Waals surface area contributed by atoms with Gasteiger partial charge in [-0.15, -0.1) is 0 Å². The first kappa shape index (κ1) is 16.1. The maximum Gasteiger partial charge on any atom is 0.251 e. The molecule has 21 heavy (non-hydrogen) atoms. The van der Waals surface area contributed by atoms with Gasteiger partial charge in [0.15, 0.2) is 0 Å². The molecule has 0 saturated carbocycles. The van der Waals surface area contributed by atoms with Crippen LogP contribution >= 0.6 is 23.2 Å². The third-order valence-electron chi connectivity index (χ3n) is 3.19. The molecule has 7 heteroatoms. The molecular weight excluding hydrogens is 315 g/mol. The second-order valence-electron chi connectivity index (χ2n) is 4.84. The number of hydrogen-bond acceptors (Lipinski definition) is 3. The van der Waals surface area contributed by atoms with Gasteiger partial charge in [-0.05, 0) is 25.0 Å². The lowest BCUT2D eigenvalue weighted by molar-refractivity contribution is -0.141. The fraction of sp³-hybridized carbons (Fsp3) is 0.429. The van der Waals surface area contributed by atoms with Crippen LogP contribution in [-0.4, -0.2) is 43.0 Å². The number of hydrogen-bond donors (Lipinski definition) is 1. The van der Waals surface area contributed by atoms with Gasteiger partial charge in [0.1, 0.15) is 6.10 Å². The third kappa shape index (κ3) is 4.09. The highest BCUT2D eigenvalue weighted by Crippen LogP contribution is 2.29. The van der Waals surface area contributed by atoms with E-state index < -0.39 is 6.10 Å². The van der Waals surface area contributed by atoms with E-state index in [0.717, 1.165) is 6.42 Å². The van der Waals surface area contributed by atoms with Crippen molar-refractivity contribution in [2.24, 2.45) is 0 Å². The minimum absolute atomic E-state index is 0.0831. The van der Waals surface area contributed by atoms with Crippen molar-refractivity contribution in [2.45, 2.75) is 18.9 Å². The highest BCUT2D eigenvalue weighted by molar-refractivity contribution is 6.39. The molecule has 1 fully saturated rings. The molecular formula is C14H16Cl2N2O3. The molecule has 1 heterocycles. The van der Waals surface area contributed by atoms with Gasteiger partial charge >= 0.3 is 0 Å². The molecule has 0 bridgehead atoms. The van der Waals surface area contributed by atoms with Crippen LogP contribution in [0.5, 0.6) is 0 Å². The number of carbonyl (C=O) groups is 2. The van der Waals surface area contributed by atoms with Crippen molar-refractivity contribution in [3.8, 4) is 0 Å². The molecule has 2 rings (SSSR count). The van der Waals surface area contributed by atoms with Crippen molar-refractivity contribution in [1.29, 1.82) is 0 Å². The Kier molecular flexibility index (Phi) is 5.45. The SMILES string of the molecule is CN(CC(=O)Nc1c(Cl)cccc1Cl)C(=O)[C@H]1CCCO1. The van der Waals surface area contributed by atoms with Gasteiger partial charge in [0, 0.05) is 13.7 Å². The highest BCUT2D eigenvalue weighted by Gasteiger charge is 2.27. The van der Waals surface area contributed by atoms with Crippen LogP contribution in [0, 0.1) is 0 Å². The number of nitrogens with one attached hydrogen (secondary N) is 1. The summed E-state index contributed by atoms with van der Waals surface area (Å²) in [6.45, 7) is 0.506. The van der Waals surface area contributed by atoms with Crippen molar-refractivity contribution in [3.63, 3.8) is 0 Å². The Morgan fingerprint density at radius 2 is 2.05 bits per heavy atom. The summed E-state index contributed by atoms with van der Waals surface area (Å²) in [4.78, 5) is 25.4.